The highest BCUT2D eigenvalue weighted by atomic mass is 19.1. The predicted octanol–water partition coefficient (Wildman–Crippen LogP) is 2.12. The Bertz CT molecular complexity index is 490. The molecule has 2 N–H and O–H groups in total. The lowest BCUT2D eigenvalue weighted by Crippen LogP contribution is -2.13. The second-order valence-corrected chi connectivity index (χ2v) is 3.68. The van der Waals surface area contributed by atoms with Crippen LogP contribution in [0.1, 0.15) is 25.2 Å². The fourth-order valence-electron chi connectivity index (χ4n) is 1.71. The van der Waals surface area contributed by atoms with Gasteiger partial charge in [-0.2, -0.15) is 0 Å². The number of fused-ring (bicyclic) bond motifs is 1. The van der Waals surface area contributed by atoms with Gasteiger partial charge in [0.05, 0.1) is 17.1 Å². The Balaban J connectivity index is 2.63. The van der Waals surface area contributed by atoms with Gasteiger partial charge < -0.3 is 10.3 Å². The van der Waals surface area contributed by atoms with Crippen LogP contribution in [-0.2, 0) is 7.05 Å². The van der Waals surface area contributed by atoms with E-state index in [0.29, 0.717) is 5.52 Å². The van der Waals surface area contributed by atoms with Gasteiger partial charge >= 0.3 is 0 Å². The normalized spacial score (nSPS) is 13.3. The Hall–Kier alpha value is -1.42. The predicted molar refractivity (Wildman–Crippen MR) is 57.9 cm³/mol. The van der Waals surface area contributed by atoms with Crippen molar-refractivity contribution in [3.05, 3.63) is 29.8 Å². The molecule has 1 aromatic carbocycles. The second kappa shape index (κ2) is 3.62. The molecule has 0 spiro atoms. The summed E-state index contributed by atoms with van der Waals surface area (Å²) in [6.45, 7) is 2.00. The first kappa shape index (κ1) is 10.1. The number of imidazole rings is 1. The van der Waals surface area contributed by atoms with Crippen LogP contribution < -0.4 is 5.73 Å². The third-order valence-electron chi connectivity index (χ3n) is 2.65. The number of halogens is 1. The van der Waals surface area contributed by atoms with Crippen molar-refractivity contribution in [3.63, 3.8) is 0 Å². The van der Waals surface area contributed by atoms with Gasteiger partial charge in [-0.3, -0.25) is 0 Å². The van der Waals surface area contributed by atoms with Gasteiger partial charge in [-0.1, -0.05) is 6.92 Å². The first-order valence-electron chi connectivity index (χ1n) is 5.01. The number of hydrogen-bond acceptors (Lipinski definition) is 2. The zero-order chi connectivity index (χ0) is 11.0. The van der Waals surface area contributed by atoms with Crippen LogP contribution in [0, 0.1) is 5.82 Å². The molecule has 0 bridgehead atoms. The van der Waals surface area contributed by atoms with Gasteiger partial charge in [-0.25, -0.2) is 9.37 Å². The Morgan fingerprint density at radius 3 is 2.93 bits per heavy atom. The first-order chi connectivity index (χ1) is 7.13. The van der Waals surface area contributed by atoms with Crippen molar-refractivity contribution in [2.75, 3.05) is 0 Å². The summed E-state index contributed by atoms with van der Waals surface area (Å²) in [5.41, 5.74) is 7.50. The molecule has 3 nitrogen and oxygen atoms in total. The van der Waals surface area contributed by atoms with Crippen LogP contribution in [0.25, 0.3) is 11.0 Å². The van der Waals surface area contributed by atoms with Crippen LogP contribution in [0.4, 0.5) is 4.39 Å². The third kappa shape index (κ3) is 1.61. The molecule has 1 unspecified atom stereocenters. The number of rotatable bonds is 2. The molecule has 1 aromatic heterocycles. The van der Waals surface area contributed by atoms with E-state index in [0.717, 1.165) is 17.8 Å². The molecule has 1 heterocycles. The highest BCUT2D eigenvalue weighted by molar-refractivity contribution is 5.76. The molecule has 0 aliphatic heterocycles. The molecule has 0 saturated heterocycles. The van der Waals surface area contributed by atoms with Crippen LogP contribution in [-0.4, -0.2) is 9.55 Å². The van der Waals surface area contributed by atoms with E-state index < -0.39 is 0 Å². The van der Waals surface area contributed by atoms with E-state index in [2.05, 4.69) is 4.98 Å². The van der Waals surface area contributed by atoms with Crippen molar-refractivity contribution < 1.29 is 4.39 Å². The van der Waals surface area contributed by atoms with E-state index in [-0.39, 0.29) is 11.9 Å². The van der Waals surface area contributed by atoms with E-state index in [9.17, 15) is 4.39 Å². The largest absolute Gasteiger partial charge is 0.330 e. The number of nitrogens with zero attached hydrogens (tertiary/aromatic N) is 2. The van der Waals surface area contributed by atoms with Gasteiger partial charge in [0.25, 0.3) is 0 Å². The van der Waals surface area contributed by atoms with Crippen LogP contribution in [0.5, 0.6) is 0 Å². The summed E-state index contributed by atoms with van der Waals surface area (Å²) in [6, 6.07) is 4.50. The monoisotopic (exact) mass is 207 g/mol. The minimum absolute atomic E-state index is 0.0922. The molecule has 0 amide bonds. The maximum atomic E-state index is 13.0. The Morgan fingerprint density at radius 1 is 1.53 bits per heavy atom. The maximum Gasteiger partial charge on any atom is 0.126 e. The fourth-order valence-corrected chi connectivity index (χ4v) is 1.71. The molecule has 15 heavy (non-hydrogen) atoms. The highest BCUT2D eigenvalue weighted by Gasteiger charge is 2.13. The Kier molecular flexibility index (Phi) is 2.44. The molecular formula is C11H14FN3. The van der Waals surface area contributed by atoms with Gasteiger partial charge in [-0.05, 0) is 18.6 Å². The Labute approximate surface area is 87.7 Å². The van der Waals surface area contributed by atoms with Crippen molar-refractivity contribution in [2.24, 2.45) is 12.8 Å². The number of hydrogen-bond donors (Lipinski definition) is 1. The molecule has 1 atom stereocenters. The highest BCUT2D eigenvalue weighted by Crippen LogP contribution is 2.20. The summed E-state index contributed by atoms with van der Waals surface area (Å²) < 4.78 is 14.9. The van der Waals surface area contributed by atoms with Gasteiger partial charge in [-0.15, -0.1) is 0 Å². The lowest BCUT2D eigenvalue weighted by atomic mass is 10.2. The molecule has 2 aromatic rings. The summed E-state index contributed by atoms with van der Waals surface area (Å²) in [5, 5.41) is 0. The van der Waals surface area contributed by atoms with Gasteiger partial charge in [0.15, 0.2) is 0 Å². The summed E-state index contributed by atoms with van der Waals surface area (Å²) in [4.78, 5) is 4.34. The van der Waals surface area contributed by atoms with Crippen molar-refractivity contribution in [1.29, 1.82) is 0 Å². The van der Waals surface area contributed by atoms with Gasteiger partial charge in [0.1, 0.15) is 11.6 Å². The standard InChI is InChI=1S/C11H14FN3/c1-3-8(13)11-14-9-6-7(12)4-5-10(9)15(11)2/h4-6,8H,3,13H2,1-2H3. The second-order valence-electron chi connectivity index (χ2n) is 3.68. The van der Waals surface area contributed by atoms with E-state index in [1.807, 2.05) is 18.5 Å². The Morgan fingerprint density at radius 2 is 2.27 bits per heavy atom. The zero-order valence-electron chi connectivity index (χ0n) is 8.87. The fraction of sp³-hybridized carbons (Fsp3) is 0.364. The first-order valence-corrected chi connectivity index (χ1v) is 5.01. The van der Waals surface area contributed by atoms with Crippen molar-refractivity contribution in [1.82, 2.24) is 9.55 Å². The van der Waals surface area contributed by atoms with Crippen LogP contribution in [0.3, 0.4) is 0 Å². The minimum atomic E-state index is -0.266. The van der Waals surface area contributed by atoms with Crippen LogP contribution in [0.2, 0.25) is 0 Å². The van der Waals surface area contributed by atoms with Gasteiger partial charge in [0.2, 0.25) is 0 Å². The molecule has 80 valence electrons. The number of benzene rings is 1. The average molecular weight is 207 g/mol. The molecule has 0 fully saturated rings. The average Bonchev–Trinajstić information content (AvgIpc) is 2.54. The topological polar surface area (TPSA) is 43.8 Å². The molecule has 0 aliphatic carbocycles. The number of nitrogens with two attached hydrogens (primary N) is 1. The molecular weight excluding hydrogens is 193 g/mol. The lowest BCUT2D eigenvalue weighted by molar-refractivity contribution is 0.623. The lowest BCUT2D eigenvalue weighted by Gasteiger charge is -2.07. The van der Waals surface area contributed by atoms with E-state index >= 15 is 0 Å². The summed E-state index contributed by atoms with van der Waals surface area (Å²) in [5.74, 6) is 0.537. The smallest absolute Gasteiger partial charge is 0.126 e. The summed E-state index contributed by atoms with van der Waals surface area (Å²) in [6.07, 6.45) is 0.819. The van der Waals surface area contributed by atoms with Crippen LogP contribution >= 0.6 is 0 Å². The molecule has 4 heteroatoms. The zero-order valence-corrected chi connectivity index (χ0v) is 8.87. The van der Waals surface area contributed by atoms with Crippen molar-refractivity contribution in [2.45, 2.75) is 19.4 Å². The molecule has 2 rings (SSSR count). The van der Waals surface area contributed by atoms with Crippen molar-refractivity contribution >= 4 is 11.0 Å². The quantitative estimate of drug-likeness (QED) is 0.819. The molecule has 0 radical (unpaired) electrons. The summed E-state index contributed by atoms with van der Waals surface area (Å²) >= 11 is 0. The van der Waals surface area contributed by atoms with Gasteiger partial charge in [0, 0.05) is 13.1 Å². The maximum absolute atomic E-state index is 13.0. The minimum Gasteiger partial charge on any atom is -0.330 e. The number of aryl methyl sites for hydroxylation is 1. The number of aromatic nitrogens is 2. The molecule has 0 aliphatic rings. The SMILES string of the molecule is CCC(N)c1nc2cc(F)ccc2n1C. The van der Waals surface area contributed by atoms with E-state index in [1.54, 1.807) is 6.07 Å². The summed E-state index contributed by atoms with van der Waals surface area (Å²) in [7, 11) is 1.90. The van der Waals surface area contributed by atoms with E-state index in [4.69, 9.17) is 5.73 Å². The van der Waals surface area contributed by atoms with E-state index in [1.165, 1.54) is 12.1 Å². The third-order valence-corrected chi connectivity index (χ3v) is 2.65. The van der Waals surface area contributed by atoms with Crippen molar-refractivity contribution in [3.8, 4) is 0 Å². The molecule has 0 saturated carbocycles. The van der Waals surface area contributed by atoms with Crippen LogP contribution in [0.15, 0.2) is 18.2 Å².